The molecule has 1 fully saturated rings. The summed E-state index contributed by atoms with van der Waals surface area (Å²) in [6.45, 7) is 3.19. The second-order valence-corrected chi connectivity index (χ2v) is 4.03. The zero-order chi connectivity index (χ0) is 9.57. The molecule has 0 spiro atoms. The van der Waals surface area contributed by atoms with E-state index >= 15 is 0 Å². The van der Waals surface area contributed by atoms with E-state index in [2.05, 4.69) is 5.32 Å². The highest BCUT2D eigenvalue weighted by Gasteiger charge is 2.30. The molecule has 1 aliphatic rings. The minimum Gasteiger partial charge on any atom is -0.396 e. The van der Waals surface area contributed by atoms with Crippen LogP contribution in [0.3, 0.4) is 0 Å². The van der Waals surface area contributed by atoms with E-state index in [1.165, 1.54) is 6.42 Å². The van der Waals surface area contributed by atoms with E-state index < -0.39 is 0 Å². The number of aliphatic hydroxyl groups is 1. The summed E-state index contributed by atoms with van der Waals surface area (Å²) in [6.07, 6.45) is 4.47. The molecule has 3 nitrogen and oxygen atoms in total. The normalized spacial score (nSPS) is 29.1. The summed E-state index contributed by atoms with van der Waals surface area (Å²) >= 11 is 0. The van der Waals surface area contributed by atoms with Gasteiger partial charge in [-0.1, -0.05) is 0 Å². The zero-order valence-electron chi connectivity index (χ0n) is 8.51. The lowest BCUT2D eigenvalue weighted by atomic mass is 9.78. The van der Waals surface area contributed by atoms with Crippen molar-refractivity contribution in [3.05, 3.63) is 0 Å². The van der Waals surface area contributed by atoms with E-state index in [0.717, 1.165) is 39.0 Å². The minimum absolute atomic E-state index is 0.136. The maximum absolute atomic E-state index is 9.36. The van der Waals surface area contributed by atoms with Crippen LogP contribution in [0.2, 0.25) is 0 Å². The number of methoxy groups -OCH3 is 1. The molecule has 0 amide bonds. The zero-order valence-corrected chi connectivity index (χ0v) is 8.51. The first-order chi connectivity index (χ1) is 6.33. The molecule has 78 valence electrons. The minimum atomic E-state index is 0.136. The molecule has 1 heterocycles. The molecule has 1 rings (SSSR count). The lowest BCUT2D eigenvalue weighted by Crippen LogP contribution is -2.42. The fraction of sp³-hybridized carbons (Fsp3) is 1.00. The molecule has 0 saturated carbocycles. The van der Waals surface area contributed by atoms with Gasteiger partial charge in [0.05, 0.1) is 0 Å². The molecule has 1 aliphatic heterocycles. The summed E-state index contributed by atoms with van der Waals surface area (Å²) < 4.78 is 5.02. The number of ether oxygens (including phenoxy) is 1. The second kappa shape index (κ2) is 5.58. The van der Waals surface area contributed by atoms with Crippen molar-refractivity contribution in [2.45, 2.75) is 25.7 Å². The van der Waals surface area contributed by atoms with Crippen molar-refractivity contribution in [3.8, 4) is 0 Å². The van der Waals surface area contributed by atoms with Gasteiger partial charge in [0.25, 0.3) is 0 Å². The Kier molecular flexibility index (Phi) is 4.70. The Labute approximate surface area is 80.5 Å². The van der Waals surface area contributed by atoms with Gasteiger partial charge in [-0.3, -0.25) is 0 Å². The van der Waals surface area contributed by atoms with Gasteiger partial charge >= 0.3 is 0 Å². The van der Waals surface area contributed by atoms with Crippen LogP contribution < -0.4 is 5.32 Å². The van der Waals surface area contributed by atoms with Gasteiger partial charge in [0.15, 0.2) is 0 Å². The van der Waals surface area contributed by atoms with Gasteiger partial charge in [0.2, 0.25) is 0 Å². The van der Waals surface area contributed by atoms with Crippen LogP contribution in [0, 0.1) is 5.41 Å². The Balaban J connectivity index is 2.29. The number of hydrogen-bond donors (Lipinski definition) is 2. The molecule has 0 radical (unpaired) electrons. The van der Waals surface area contributed by atoms with E-state index in [0.29, 0.717) is 6.61 Å². The topological polar surface area (TPSA) is 41.5 Å². The summed E-state index contributed by atoms with van der Waals surface area (Å²) in [4.78, 5) is 0. The molecule has 3 heteroatoms. The fourth-order valence-electron chi connectivity index (χ4n) is 2.05. The van der Waals surface area contributed by atoms with Crippen LogP contribution in [0.15, 0.2) is 0 Å². The van der Waals surface area contributed by atoms with E-state index in [1.54, 1.807) is 7.11 Å². The third-order valence-corrected chi connectivity index (χ3v) is 2.95. The molecule has 2 N–H and O–H groups in total. The first kappa shape index (κ1) is 11.0. The summed E-state index contributed by atoms with van der Waals surface area (Å²) in [5.74, 6) is 0. The first-order valence-corrected chi connectivity index (χ1v) is 5.13. The van der Waals surface area contributed by atoms with Gasteiger partial charge in [-0.25, -0.2) is 0 Å². The summed E-state index contributed by atoms with van der Waals surface area (Å²) in [5.41, 5.74) is 0.136. The highest BCUT2D eigenvalue weighted by Crippen LogP contribution is 2.30. The molecule has 0 aliphatic carbocycles. The molecule has 1 saturated heterocycles. The van der Waals surface area contributed by atoms with Gasteiger partial charge in [0, 0.05) is 32.3 Å². The van der Waals surface area contributed by atoms with Gasteiger partial charge in [-0.05, 0) is 32.2 Å². The molecular weight excluding hydrogens is 166 g/mol. The third-order valence-electron chi connectivity index (χ3n) is 2.95. The predicted octanol–water partition coefficient (Wildman–Crippen LogP) is 0.775. The number of piperidine rings is 1. The average Bonchev–Trinajstić information content (AvgIpc) is 2.20. The molecule has 0 aromatic rings. The van der Waals surface area contributed by atoms with Crippen molar-refractivity contribution in [2.75, 3.05) is 33.4 Å². The second-order valence-electron chi connectivity index (χ2n) is 4.03. The van der Waals surface area contributed by atoms with Crippen LogP contribution in [-0.4, -0.2) is 38.5 Å². The third kappa shape index (κ3) is 3.25. The van der Waals surface area contributed by atoms with Crippen molar-refractivity contribution in [3.63, 3.8) is 0 Å². The van der Waals surface area contributed by atoms with Crippen LogP contribution in [0.5, 0.6) is 0 Å². The summed E-state index contributed by atoms with van der Waals surface area (Å²) in [5, 5.41) is 12.7. The maximum Gasteiger partial charge on any atom is 0.0499 e. The lowest BCUT2D eigenvalue weighted by Gasteiger charge is -2.36. The average molecular weight is 187 g/mol. The Morgan fingerprint density at radius 2 is 2.38 bits per heavy atom. The number of hydrogen-bond acceptors (Lipinski definition) is 3. The van der Waals surface area contributed by atoms with Gasteiger partial charge in [0.1, 0.15) is 0 Å². The Bertz CT molecular complexity index is 133. The molecule has 0 aromatic carbocycles. The molecular formula is C10H21NO2. The van der Waals surface area contributed by atoms with Gasteiger partial charge in [-0.2, -0.15) is 0 Å². The Hall–Kier alpha value is -0.120. The van der Waals surface area contributed by atoms with Crippen molar-refractivity contribution in [1.29, 1.82) is 0 Å². The van der Waals surface area contributed by atoms with Crippen LogP contribution in [0.1, 0.15) is 25.7 Å². The van der Waals surface area contributed by atoms with Crippen molar-refractivity contribution in [1.82, 2.24) is 5.32 Å². The highest BCUT2D eigenvalue weighted by atomic mass is 16.5. The van der Waals surface area contributed by atoms with E-state index in [4.69, 9.17) is 4.74 Å². The SMILES string of the molecule is COCCC[C@@]1(CO)CCCNC1. The van der Waals surface area contributed by atoms with Crippen molar-refractivity contribution >= 4 is 0 Å². The van der Waals surface area contributed by atoms with Crippen molar-refractivity contribution in [2.24, 2.45) is 5.41 Å². The quantitative estimate of drug-likeness (QED) is 0.625. The Morgan fingerprint density at radius 1 is 1.54 bits per heavy atom. The van der Waals surface area contributed by atoms with Crippen molar-refractivity contribution < 1.29 is 9.84 Å². The highest BCUT2D eigenvalue weighted by molar-refractivity contribution is 4.84. The number of nitrogens with one attached hydrogen (secondary N) is 1. The molecule has 13 heavy (non-hydrogen) atoms. The van der Waals surface area contributed by atoms with E-state index in [-0.39, 0.29) is 5.41 Å². The fourth-order valence-corrected chi connectivity index (χ4v) is 2.05. The summed E-state index contributed by atoms with van der Waals surface area (Å²) in [7, 11) is 1.73. The smallest absolute Gasteiger partial charge is 0.0499 e. The first-order valence-electron chi connectivity index (χ1n) is 5.13. The molecule has 0 bridgehead atoms. The van der Waals surface area contributed by atoms with Crippen LogP contribution in [0.4, 0.5) is 0 Å². The standard InChI is InChI=1S/C10H21NO2/c1-13-7-3-5-10(9-12)4-2-6-11-8-10/h11-12H,2-9H2,1H3/t10-/m0/s1. The van der Waals surface area contributed by atoms with Crippen LogP contribution >= 0.6 is 0 Å². The molecule has 0 aromatic heterocycles. The van der Waals surface area contributed by atoms with E-state index in [1.807, 2.05) is 0 Å². The van der Waals surface area contributed by atoms with Crippen LogP contribution in [0.25, 0.3) is 0 Å². The lowest BCUT2D eigenvalue weighted by molar-refractivity contribution is 0.0732. The maximum atomic E-state index is 9.36. The number of aliphatic hydroxyl groups excluding tert-OH is 1. The largest absolute Gasteiger partial charge is 0.396 e. The molecule has 0 unspecified atom stereocenters. The molecule has 1 atom stereocenters. The van der Waals surface area contributed by atoms with Gasteiger partial charge in [-0.15, -0.1) is 0 Å². The monoisotopic (exact) mass is 187 g/mol. The summed E-state index contributed by atoms with van der Waals surface area (Å²) in [6, 6.07) is 0. The Morgan fingerprint density at radius 3 is 2.92 bits per heavy atom. The van der Waals surface area contributed by atoms with E-state index in [9.17, 15) is 5.11 Å². The van der Waals surface area contributed by atoms with Gasteiger partial charge < -0.3 is 15.2 Å². The van der Waals surface area contributed by atoms with Crippen LogP contribution in [-0.2, 0) is 4.74 Å². The number of rotatable bonds is 5. The predicted molar refractivity (Wildman–Crippen MR) is 52.7 cm³/mol.